The molecule has 3 rings (SSSR count). The molecule has 2 aliphatic rings. The first-order chi connectivity index (χ1) is 9.31. The normalized spacial score (nSPS) is 22.1. The lowest BCUT2D eigenvalue weighted by Gasteiger charge is -2.28. The van der Waals surface area contributed by atoms with Crippen LogP contribution in [0.4, 0.5) is 0 Å². The summed E-state index contributed by atoms with van der Waals surface area (Å²) in [6.07, 6.45) is 2.37. The van der Waals surface area contributed by atoms with Crippen molar-refractivity contribution in [1.29, 1.82) is 0 Å². The molecule has 1 unspecified atom stereocenters. The monoisotopic (exact) mass is 327 g/mol. The molecule has 0 aromatic heterocycles. The zero-order chi connectivity index (χ0) is 13.2. The third-order valence-electron chi connectivity index (χ3n) is 3.70. The molecule has 19 heavy (non-hydrogen) atoms. The summed E-state index contributed by atoms with van der Waals surface area (Å²) in [6, 6.07) is 2.08. The number of hydrogen-bond acceptors (Lipinski definition) is 4. The summed E-state index contributed by atoms with van der Waals surface area (Å²) in [5.41, 5.74) is 1.20. The maximum atomic E-state index is 5.70. The molecule has 1 atom stereocenters. The Morgan fingerprint density at radius 1 is 1.37 bits per heavy atom. The molecule has 0 radical (unpaired) electrons. The molecule has 1 N–H and O–H groups in total. The van der Waals surface area contributed by atoms with Crippen LogP contribution in [-0.2, 0) is 0 Å². The van der Waals surface area contributed by atoms with Gasteiger partial charge >= 0.3 is 0 Å². The van der Waals surface area contributed by atoms with Crippen LogP contribution in [0.3, 0.4) is 0 Å². The average Bonchev–Trinajstić information content (AvgIpc) is 2.48. The van der Waals surface area contributed by atoms with Gasteiger partial charge in [0.15, 0.2) is 11.5 Å². The first-order valence-corrected chi connectivity index (χ1v) is 7.47. The third kappa shape index (κ3) is 2.41. The molecule has 0 spiro atoms. The molecule has 4 nitrogen and oxygen atoms in total. The highest BCUT2D eigenvalue weighted by molar-refractivity contribution is 9.10. The summed E-state index contributed by atoms with van der Waals surface area (Å²) in [5.74, 6) is 2.92. The highest BCUT2D eigenvalue weighted by atomic mass is 79.9. The van der Waals surface area contributed by atoms with Crippen molar-refractivity contribution < 1.29 is 14.2 Å². The Kier molecular flexibility index (Phi) is 3.84. The lowest BCUT2D eigenvalue weighted by atomic mass is 9.90. The van der Waals surface area contributed by atoms with E-state index in [2.05, 4.69) is 27.3 Å². The van der Waals surface area contributed by atoms with Crippen LogP contribution in [0.5, 0.6) is 17.2 Å². The lowest BCUT2D eigenvalue weighted by Crippen LogP contribution is -2.28. The molecule has 1 fully saturated rings. The number of hydrogen-bond donors (Lipinski definition) is 1. The van der Waals surface area contributed by atoms with Crippen LogP contribution >= 0.6 is 15.9 Å². The van der Waals surface area contributed by atoms with Gasteiger partial charge in [-0.15, -0.1) is 0 Å². The Morgan fingerprint density at radius 2 is 2.21 bits per heavy atom. The van der Waals surface area contributed by atoms with Gasteiger partial charge < -0.3 is 19.5 Å². The summed E-state index contributed by atoms with van der Waals surface area (Å²) >= 11 is 3.59. The zero-order valence-corrected chi connectivity index (χ0v) is 12.6. The molecule has 1 aromatic carbocycles. The topological polar surface area (TPSA) is 39.7 Å². The highest BCUT2D eigenvalue weighted by Crippen LogP contribution is 2.48. The van der Waals surface area contributed by atoms with E-state index in [1.54, 1.807) is 7.11 Å². The van der Waals surface area contributed by atoms with Gasteiger partial charge in [-0.25, -0.2) is 0 Å². The largest absolute Gasteiger partial charge is 0.495 e. The fourth-order valence-electron chi connectivity index (χ4n) is 2.78. The molecule has 0 amide bonds. The van der Waals surface area contributed by atoms with Gasteiger partial charge in [0.25, 0.3) is 0 Å². The molecule has 104 valence electrons. The second-order valence-corrected chi connectivity index (χ2v) is 5.67. The maximum Gasteiger partial charge on any atom is 0.179 e. The molecule has 5 heteroatoms. The van der Waals surface area contributed by atoms with Gasteiger partial charge in [-0.1, -0.05) is 0 Å². The standard InChI is InChI=1S/C14H18BrNO3/c1-17-13-10(9-3-2-4-16-8-9)7-11-14(12(13)15)19-6-5-18-11/h7,9,16H,2-6,8H2,1H3. The number of fused-ring (bicyclic) bond motifs is 1. The maximum absolute atomic E-state index is 5.70. The van der Waals surface area contributed by atoms with Gasteiger partial charge in [-0.05, 0) is 41.4 Å². The highest BCUT2D eigenvalue weighted by Gasteiger charge is 2.27. The number of nitrogens with one attached hydrogen (secondary N) is 1. The summed E-state index contributed by atoms with van der Waals surface area (Å²) in [7, 11) is 1.70. The molecule has 2 aliphatic heterocycles. The minimum absolute atomic E-state index is 0.468. The van der Waals surface area contributed by atoms with E-state index in [0.717, 1.165) is 34.8 Å². The fraction of sp³-hybridized carbons (Fsp3) is 0.571. The predicted molar refractivity (Wildman–Crippen MR) is 76.5 cm³/mol. The summed E-state index contributed by atoms with van der Waals surface area (Å²) < 4.78 is 17.8. The van der Waals surface area contributed by atoms with Crippen LogP contribution in [0.2, 0.25) is 0 Å². The van der Waals surface area contributed by atoms with Gasteiger partial charge in [0.05, 0.1) is 7.11 Å². The summed E-state index contributed by atoms with van der Waals surface area (Å²) in [6.45, 7) is 3.28. The Balaban J connectivity index is 2.04. The minimum atomic E-state index is 0.468. The van der Waals surface area contributed by atoms with E-state index in [0.29, 0.717) is 19.1 Å². The van der Waals surface area contributed by atoms with Crippen molar-refractivity contribution in [3.05, 3.63) is 16.1 Å². The lowest BCUT2D eigenvalue weighted by molar-refractivity contribution is 0.169. The number of halogens is 1. The van der Waals surface area contributed by atoms with E-state index < -0.39 is 0 Å². The molecule has 0 saturated carbocycles. The number of methoxy groups -OCH3 is 1. The molecule has 1 saturated heterocycles. The third-order valence-corrected chi connectivity index (χ3v) is 4.42. The Hall–Kier alpha value is -0.940. The van der Waals surface area contributed by atoms with E-state index >= 15 is 0 Å². The number of rotatable bonds is 2. The van der Waals surface area contributed by atoms with Crippen LogP contribution < -0.4 is 19.5 Å². The van der Waals surface area contributed by atoms with E-state index in [4.69, 9.17) is 14.2 Å². The molecule has 1 aromatic rings. The van der Waals surface area contributed by atoms with Crippen molar-refractivity contribution in [1.82, 2.24) is 5.32 Å². The Morgan fingerprint density at radius 3 is 2.95 bits per heavy atom. The summed E-state index contributed by atoms with van der Waals surface area (Å²) in [4.78, 5) is 0. The number of benzene rings is 1. The quantitative estimate of drug-likeness (QED) is 0.906. The molecule has 0 aliphatic carbocycles. The van der Waals surface area contributed by atoms with Gasteiger partial charge in [0.2, 0.25) is 0 Å². The van der Waals surface area contributed by atoms with Crippen LogP contribution in [0.15, 0.2) is 10.5 Å². The first kappa shape index (κ1) is 13.1. The van der Waals surface area contributed by atoms with Crippen LogP contribution in [0, 0.1) is 0 Å². The van der Waals surface area contributed by atoms with Crippen molar-refractivity contribution in [2.24, 2.45) is 0 Å². The number of piperidine rings is 1. The Bertz CT molecular complexity index is 472. The molecule has 0 bridgehead atoms. The molecular formula is C14H18BrNO3. The van der Waals surface area contributed by atoms with Crippen LogP contribution in [0.25, 0.3) is 0 Å². The van der Waals surface area contributed by atoms with Gasteiger partial charge in [0.1, 0.15) is 23.4 Å². The van der Waals surface area contributed by atoms with Crippen LogP contribution in [-0.4, -0.2) is 33.4 Å². The van der Waals surface area contributed by atoms with Crippen molar-refractivity contribution in [2.45, 2.75) is 18.8 Å². The fourth-order valence-corrected chi connectivity index (χ4v) is 3.48. The van der Waals surface area contributed by atoms with Gasteiger partial charge in [-0.2, -0.15) is 0 Å². The second kappa shape index (κ2) is 5.59. The minimum Gasteiger partial charge on any atom is -0.495 e. The van der Waals surface area contributed by atoms with E-state index in [9.17, 15) is 0 Å². The van der Waals surface area contributed by atoms with Gasteiger partial charge in [0, 0.05) is 18.0 Å². The summed E-state index contributed by atoms with van der Waals surface area (Å²) in [5, 5.41) is 3.44. The van der Waals surface area contributed by atoms with Crippen LogP contribution in [0.1, 0.15) is 24.3 Å². The first-order valence-electron chi connectivity index (χ1n) is 6.68. The molecule has 2 heterocycles. The zero-order valence-electron chi connectivity index (χ0n) is 11.0. The molecular weight excluding hydrogens is 310 g/mol. The Labute approximate surface area is 121 Å². The van der Waals surface area contributed by atoms with E-state index in [1.807, 2.05) is 0 Å². The van der Waals surface area contributed by atoms with Crippen molar-refractivity contribution in [3.63, 3.8) is 0 Å². The van der Waals surface area contributed by atoms with E-state index in [1.165, 1.54) is 18.4 Å². The second-order valence-electron chi connectivity index (χ2n) is 4.88. The number of ether oxygens (including phenoxy) is 3. The van der Waals surface area contributed by atoms with Crippen molar-refractivity contribution in [2.75, 3.05) is 33.4 Å². The van der Waals surface area contributed by atoms with E-state index in [-0.39, 0.29) is 0 Å². The van der Waals surface area contributed by atoms with Gasteiger partial charge in [-0.3, -0.25) is 0 Å². The SMILES string of the molecule is COc1c(C2CCCNC2)cc2c(c1Br)OCCO2. The van der Waals surface area contributed by atoms with Crippen molar-refractivity contribution in [3.8, 4) is 17.2 Å². The van der Waals surface area contributed by atoms with Crippen molar-refractivity contribution >= 4 is 15.9 Å². The average molecular weight is 328 g/mol. The smallest absolute Gasteiger partial charge is 0.179 e. The predicted octanol–water partition coefficient (Wildman–Crippen LogP) is 2.70.